The number of benzene rings is 1. The molecule has 0 radical (unpaired) electrons. The number of hydrogen-bond donors (Lipinski definition) is 1. The predicted molar refractivity (Wildman–Crippen MR) is 78.6 cm³/mol. The van der Waals surface area contributed by atoms with E-state index in [4.69, 9.17) is 4.74 Å². The van der Waals surface area contributed by atoms with Gasteiger partial charge in [-0.25, -0.2) is 4.79 Å². The molecule has 0 aromatic heterocycles. The number of carbonyl (C=O) groups is 1. The molecule has 0 amide bonds. The van der Waals surface area contributed by atoms with Crippen LogP contribution in [0.25, 0.3) is 0 Å². The number of halogens is 1. The highest BCUT2D eigenvalue weighted by molar-refractivity contribution is 9.10. The minimum absolute atomic E-state index is 0.193. The first-order valence-corrected chi connectivity index (χ1v) is 6.95. The van der Waals surface area contributed by atoms with E-state index in [0.29, 0.717) is 0 Å². The molecule has 1 aromatic carbocycles. The molecule has 0 aliphatic heterocycles. The van der Waals surface area contributed by atoms with Crippen molar-refractivity contribution in [1.29, 1.82) is 0 Å². The van der Waals surface area contributed by atoms with Crippen molar-refractivity contribution in [2.45, 2.75) is 33.0 Å². The van der Waals surface area contributed by atoms with Gasteiger partial charge < -0.3 is 9.84 Å². The largest absolute Gasteiger partial charge is 0.460 e. The zero-order chi connectivity index (χ0) is 14.6. The third-order valence-electron chi connectivity index (χ3n) is 2.84. The molecule has 0 bridgehead atoms. The van der Waals surface area contributed by atoms with Crippen molar-refractivity contribution in [2.24, 2.45) is 5.92 Å². The van der Waals surface area contributed by atoms with Gasteiger partial charge in [-0.05, 0) is 31.5 Å². The highest BCUT2D eigenvalue weighted by Crippen LogP contribution is 2.28. The standard InChI is InChI=1S/C15H19BrO3/c1-9(2)19-15(18)11(4)10(3)14(17)12-5-7-13(16)8-6-12/h5-10,14,17H,4H2,1-3H3/t10-,14+/m1/s1. The third kappa shape index (κ3) is 4.48. The molecule has 4 heteroatoms. The van der Waals surface area contributed by atoms with Crippen LogP contribution >= 0.6 is 15.9 Å². The van der Waals surface area contributed by atoms with Gasteiger partial charge in [0.2, 0.25) is 0 Å². The van der Waals surface area contributed by atoms with Crippen molar-refractivity contribution in [3.05, 3.63) is 46.5 Å². The molecule has 19 heavy (non-hydrogen) atoms. The lowest BCUT2D eigenvalue weighted by atomic mass is 9.91. The van der Waals surface area contributed by atoms with E-state index in [1.165, 1.54) is 0 Å². The van der Waals surface area contributed by atoms with Gasteiger partial charge in [0.15, 0.2) is 0 Å². The normalized spacial score (nSPS) is 14.0. The molecule has 0 unspecified atom stereocenters. The number of aliphatic hydroxyl groups excluding tert-OH is 1. The van der Waals surface area contributed by atoms with Gasteiger partial charge in [-0.2, -0.15) is 0 Å². The Morgan fingerprint density at radius 2 is 1.79 bits per heavy atom. The third-order valence-corrected chi connectivity index (χ3v) is 3.37. The van der Waals surface area contributed by atoms with Crippen LogP contribution in [0.15, 0.2) is 40.9 Å². The van der Waals surface area contributed by atoms with Crippen molar-refractivity contribution < 1.29 is 14.6 Å². The molecule has 1 aromatic rings. The maximum Gasteiger partial charge on any atom is 0.334 e. The summed E-state index contributed by atoms with van der Waals surface area (Å²) >= 11 is 3.34. The lowest BCUT2D eigenvalue weighted by molar-refractivity contribution is -0.143. The minimum atomic E-state index is -0.777. The number of ether oxygens (including phenoxy) is 1. The molecule has 3 nitrogen and oxygen atoms in total. The van der Waals surface area contributed by atoms with Gasteiger partial charge in [0.1, 0.15) is 0 Å². The van der Waals surface area contributed by atoms with Crippen LogP contribution in [0.4, 0.5) is 0 Å². The lowest BCUT2D eigenvalue weighted by Gasteiger charge is -2.21. The van der Waals surface area contributed by atoms with E-state index in [1.807, 2.05) is 24.3 Å². The Kier molecular flexibility index (Phi) is 5.76. The van der Waals surface area contributed by atoms with Crippen LogP contribution in [0.1, 0.15) is 32.4 Å². The van der Waals surface area contributed by atoms with Crippen LogP contribution < -0.4 is 0 Å². The smallest absolute Gasteiger partial charge is 0.334 e. The van der Waals surface area contributed by atoms with E-state index in [1.54, 1.807) is 20.8 Å². The molecule has 0 spiro atoms. The SMILES string of the molecule is C=C(C(=O)OC(C)C)[C@@H](C)[C@H](O)c1ccc(Br)cc1. The number of rotatable bonds is 5. The van der Waals surface area contributed by atoms with Crippen LogP contribution in [0, 0.1) is 5.92 Å². The molecular formula is C15H19BrO3. The average Bonchev–Trinajstić information content (AvgIpc) is 2.36. The summed E-state index contributed by atoms with van der Waals surface area (Å²) in [6.07, 6.45) is -0.971. The summed E-state index contributed by atoms with van der Waals surface area (Å²) in [4.78, 5) is 11.7. The van der Waals surface area contributed by atoms with E-state index in [0.717, 1.165) is 10.0 Å². The second kappa shape index (κ2) is 6.87. The molecule has 0 aliphatic carbocycles. The van der Waals surface area contributed by atoms with Crippen LogP contribution in [0.2, 0.25) is 0 Å². The summed E-state index contributed by atoms with van der Waals surface area (Å²) in [6.45, 7) is 9.05. The molecule has 0 saturated carbocycles. The Balaban J connectivity index is 2.76. The summed E-state index contributed by atoms with van der Waals surface area (Å²) in [6, 6.07) is 7.32. The Labute approximate surface area is 122 Å². The average molecular weight is 327 g/mol. The van der Waals surface area contributed by atoms with Crippen LogP contribution in [-0.2, 0) is 9.53 Å². The number of hydrogen-bond acceptors (Lipinski definition) is 3. The highest BCUT2D eigenvalue weighted by Gasteiger charge is 2.24. The maximum atomic E-state index is 11.7. The Morgan fingerprint density at radius 3 is 2.26 bits per heavy atom. The molecule has 0 heterocycles. The first-order chi connectivity index (χ1) is 8.82. The van der Waals surface area contributed by atoms with Crippen molar-refractivity contribution >= 4 is 21.9 Å². The van der Waals surface area contributed by atoms with E-state index in [9.17, 15) is 9.90 Å². The first-order valence-electron chi connectivity index (χ1n) is 6.16. The van der Waals surface area contributed by atoms with E-state index >= 15 is 0 Å². The fourth-order valence-electron chi connectivity index (χ4n) is 1.61. The summed E-state index contributed by atoms with van der Waals surface area (Å²) in [5, 5.41) is 10.2. The molecule has 1 N–H and O–H groups in total. The minimum Gasteiger partial charge on any atom is -0.460 e. The second-order valence-corrected chi connectivity index (χ2v) is 5.68. The topological polar surface area (TPSA) is 46.5 Å². The highest BCUT2D eigenvalue weighted by atomic mass is 79.9. The molecule has 0 fully saturated rings. The van der Waals surface area contributed by atoms with E-state index < -0.39 is 18.0 Å². The zero-order valence-electron chi connectivity index (χ0n) is 11.4. The molecule has 2 atom stereocenters. The van der Waals surface area contributed by atoms with Gasteiger partial charge in [-0.15, -0.1) is 0 Å². The first kappa shape index (κ1) is 15.9. The quantitative estimate of drug-likeness (QED) is 0.664. The number of carbonyl (C=O) groups excluding carboxylic acids is 1. The maximum absolute atomic E-state index is 11.7. The van der Waals surface area contributed by atoms with Gasteiger partial charge in [0.25, 0.3) is 0 Å². The second-order valence-electron chi connectivity index (χ2n) is 4.76. The summed E-state index contributed by atoms with van der Waals surface area (Å²) in [5.74, 6) is -0.855. The summed E-state index contributed by atoms with van der Waals surface area (Å²) in [5.41, 5.74) is 1.03. The molecular weight excluding hydrogens is 308 g/mol. The molecule has 0 saturated heterocycles. The Bertz CT molecular complexity index is 451. The van der Waals surface area contributed by atoms with Crippen LogP contribution in [-0.4, -0.2) is 17.2 Å². The zero-order valence-corrected chi connectivity index (χ0v) is 13.0. The number of aliphatic hydroxyl groups is 1. The Hall–Kier alpha value is -1.13. The van der Waals surface area contributed by atoms with Gasteiger partial charge in [0, 0.05) is 16.0 Å². The van der Waals surface area contributed by atoms with Crippen molar-refractivity contribution in [2.75, 3.05) is 0 Å². The van der Waals surface area contributed by atoms with Crippen molar-refractivity contribution in [3.8, 4) is 0 Å². The predicted octanol–water partition coefficient (Wildman–Crippen LogP) is 3.63. The van der Waals surface area contributed by atoms with Gasteiger partial charge in [0.05, 0.1) is 12.2 Å². The molecule has 0 aliphatic rings. The fraction of sp³-hybridized carbons (Fsp3) is 0.400. The lowest BCUT2D eigenvalue weighted by Crippen LogP contribution is -2.21. The van der Waals surface area contributed by atoms with Gasteiger partial charge in [-0.1, -0.05) is 41.6 Å². The van der Waals surface area contributed by atoms with Crippen LogP contribution in [0.5, 0.6) is 0 Å². The molecule has 104 valence electrons. The monoisotopic (exact) mass is 326 g/mol. The van der Waals surface area contributed by atoms with Crippen molar-refractivity contribution in [3.63, 3.8) is 0 Å². The molecule has 1 rings (SSSR count). The van der Waals surface area contributed by atoms with Crippen molar-refractivity contribution in [1.82, 2.24) is 0 Å². The van der Waals surface area contributed by atoms with E-state index in [2.05, 4.69) is 22.5 Å². The fourth-order valence-corrected chi connectivity index (χ4v) is 1.88. The van der Waals surface area contributed by atoms with Gasteiger partial charge >= 0.3 is 5.97 Å². The van der Waals surface area contributed by atoms with E-state index in [-0.39, 0.29) is 11.7 Å². The van der Waals surface area contributed by atoms with Crippen LogP contribution in [0.3, 0.4) is 0 Å². The Morgan fingerprint density at radius 1 is 1.26 bits per heavy atom. The number of esters is 1. The summed E-state index contributed by atoms with van der Waals surface area (Å²) < 4.78 is 6.02. The summed E-state index contributed by atoms with van der Waals surface area (Å²) in [7, 11) is 0. The van der Waals surface area contributed by atoms with Gasteiger partial charge in [-0.3, -0.25) is 0 Å².